The number of allylic oxidation sites excluding steroid dienone is 4. The Labute approximate surface area is 85.0 Å². The zero-order valence-corrected chi connectivity index (χ0v) is 8.19. The molecular formula is C14H14. The molecule has 0 N–H and O–H groups in total. The molecule has 0 heteroatoms. The highest BCUT2D eigenvalue weighted by molar-refractivity contribution is 5.34. The normalized spacial score (nSPS) is 28.3. The molecule has 0 spiro atoms. The molecule has 0 radical (unpaired) electrons. The first-order valence-corrected chi connectivity index (χ1v) is 5.35. The van der Waals surface area contributed by atoms with Crippen molar-refractivity contribution in [2.75, 3.05) is 0 Å². The lowest BCUT2D eigenvalue weighted by molar-refractivity contribution is 0.437. The van der Waals surface area contributed by atoms with Gasteiger partial charge in [-0.1, -0.05) is 48.6 Å². The van der Waals surface area contributed by atoms with Crippen molar-refractivity contribution in [3.05, 3.63) is 59.7 Å². The van der Waals surface area contributed by atoms with Crippen LogP contribution >= 0.6 is 0 Å². The molecular weight excluding hydrogens is 168 g/mol. The molecule has 0 fully saturated rings. The van der Waals surface area contributed by atoms with Crippen LogP contribution in [0.4, 0.5) is 0 Å². The third-order valence-electron chi connectivity index (χ3n) is 3.41. The molecule has 0 saturated heterocycles. The molecule has 2 atom stereocenters. The van der Waals surface area contributed by atoms with Gasteiger partial charge in [0, 0.05) is 0 Å². The Morgan fingerprint density at radius 2 is 1.29 bits per heavy atom. The average molecular weight is 182 g/mol. The Morgan fingerprint density at radius 3 is 1.79 bits per heavy atom. The second-order valence-corrected chi connectivity index (χ2v) is 4.27. The Bertz CT molecular complexity index is 359. The van der Waals surface area contributed by atoms with Crippen LogP contribution < -0.4 is 0 Å². The van der Waals surface area contributed by atoms with Crippen molar-refractivity contribution in [1.29, 1.82) is 0 Å². The monoisotopic (exact) mass is 182 g/mol. The SMILES string of the molecule is C1=CC2Cc3ccccc3CC2C=C1. The van der Waals surface area contributed by atoms with Gasteiger partial charge in [0.15, 0.2) is 0 Å². The molecule has 0 bridgehead atoms. The van der Waals surface area contributed by atoms with Crippen LogP contribution in [0.25, 0.3) is 0 Å². The van der Waals surface area contributed by atoms with E-state index in [4.69, 9.17) is 0 Å². The minimum absolute atomic E-state index is 0.745. The molecule has 2 unspecified atom stereocenters. The Morgan fingerprint density at radius 1 is 0.786 bits per heavy atom. The predicted molar refractivity (Wildman–Crippen MR) is 59.1 cm³/mol. The van der Waals surface area contributed by atoms with Crippen molar-refractivity contribution >= 4 is 0 Å². The molecule has 14 heavy (non-hydrogen) atoms. The van der Waals surface area contributed by atoms with E-state index >= 15 is 0 Å². The van der Waals surface area contributed by atoms with Gasteiger partial charge in [0.25, 0.3) is 0 Å². The summed E-state index contributed by atoms with van der Waals surface area (Å²) in [4.78, 5) is 0. The highest BCUT2D eigenvalue weighted by Gasteiger charge is 2.25. The lowest BCUT2D eigenvalue weighted by Crippen LogP contribution is -2.23. The van der Waals surface area contributed by atoms with E-state index in [1.807, 2.05) is 0 Å². The topological polar surface area (TPSA) is 0 Å². The first-order valence-electron chi connectivity index (χ1n) is 5.35. The summed E-state index contributed by atoms with van der Waals surface area (Å²) >= 11 is 0. The summed E-state index contributed by atoms with van der Waals surface area (Å²) in [6.07, 6.45) is 11.6. The van der Waals surface area contributed by atoms with Gasteiger partial charge in [-0.05, 0) is 35.8 Å². The van der Waals surface area contributed by atoms with Crippen LogP contribution in [-0.2, 0) is 12.8 Å². The van der Waals surface area contributed by atoms with Crippen LogP contribution in [-0.4, -0.2) is 0 Å². The fourth-order valence-electron chi connectivity index (χ4n) is 2.60. The molecule has 0 nitrogen and oxygen atoms in total. The first kappa shape index (κ1) is 8.05. The van der Waals surface area contributed by atoms with Gasteiger partial charge in [0.1, 0.15) is 0 Å². The highest BCUT2D eigenvalue weighted by atomic mass is 14.3. The summed E-state index contributed by atoms with van der Waals surface area (Å²) in [7, 11) is 0. The van der Waals surface area contributed by atoms with E-state index < -0.39 is 0 Å². The molecule has 1 aromatic rings. The smallest absolute Gasteiger partial charge is 0.0124 e. The third kappa shape index (κ3) is 1.22. The maximum atomic E-state index is 2.36. The van der Waals surface area contributed by atoms with E-state index in [0.717, 1.165) is 11.8 Å². The van der Waals surface area contributed by atoms with Crippen LogP contribution in [0.2, 0.25) is 0 Å². The fraction of sp³-hybridized carbons (Fsp3) is 0.286. The van der Waals surface area contributed by atoms with Gasteiger partial charge in [-0.3, -0.25) is 0 Å². The van der Waals surface area contributed by atoms with Gasteiger partial charge in [-0.25, -0.2) is 0 Å². The zero-order chi connectivity index (χ0) is 9.38. The van der Waals surface area contributed by atoms with Gasteiger partial charge in [0.05, 0.1) is 0 Å². The highest BCUT2D eigenvalue weighted by Crippen LogP contribution is 2.33. The molecule has 0 saturated carbocycles. The molecule has 1 aromatic carbocycles. The summed E-state index contributed by atoms with van der Waals surface area (Å²) < 4.78 is 0. The Kier molecular flexibility index (Phi) is 1.80. The quantitative estimate of drug-likeness (QED) is 0.578. The van der Waals surface area contributed by atoms with E-state index in [9.17, 15) is 0 Å². The van der Waals surface area contributed by atoms with Crippen molar-refractivity contribution < 1.29 is 0 Å². The summed E-state index contributed by atoms with van der Waals surface area (Å²) in [5, 5.41) is 0. The second kappa shape index (κ2) is 3.13. The van der Waals surface area contributed by atoms with Gasteiger partial charge >= 0.3 is 0 Å². The van der Waals surface area contributed by atoms with E-state index in [2.05, 4.69) is 48.6 Å². The maximum Gasteiger partial charge on any atom is -0.0124 e. The number of fused-ring (bicyclic) bond motifs is 2. The van der Waals surface area contributed by atoms with Gasteiger partial charge in [-0.2, -0.15) is 0 Å². The maximum absolute atomic E-state index is 2.36. The van der Waals surface area contributed by atoms with E-state index in [-0.39, 0.29) is 0 Å². The lowest BCUT2D eigenvalue weighted by atomic mass is 9.74. The van der Waals surface area contributed by atoms with E-state index in [0.29, 0.717) is 0 Å². The van der Waals surface area contributed by atoms with E-state index in [1.54, 1.807) is 11.1 Å². The Hall–Kier alpha value is -1.30. The zero-order valence-electron chi connectivity index (χ0n) is 8.19. The van der Waals surface area contributed by atoms with Gasteiger partial charge in [-0.15, -0.1) is 0 Å². The van der Waals surface area contributed by atoms with Gasteiger partial charge < -0.3 is 0 Å². The second-order valence-electron chi connectivity index (χ2n) is 4.27. The van der Waals surface area contributed by atoms with Crippen molar-refractivity contribution in [2.24, 2.45) is 11.8 Å². The van der Waals surface area contributed by atoms with Gasteiger partial charge in [0.2, 0.25) is 0 Å². The minimum atomic E-state index is 0.745. The van der Waals surface area contributed by atoms with Crippen LogP contribution in [0.3, 0.4) is 0 Å². The summed E-state index contributed by atoms with van der Waals surface area (Å²) in [5.41, 5.74) is 3.10. The average Bonchev–Trinajstić information content (AvgIpc) is 2.26. The molecule has 0 amide bonds. The van der Waals surface area contributed by atoms with Crippen LogP contribution in [0.1, 0.15) is 11.1 Å². The number of rotatable bonds is 0. The fourth-order valence-corrected chi connectivity index (χ4v) is 2.60. The van der Waals surface area contributed by atoms with Crippen LogP contribution in [0.5, 0.6) is 0 Å². The van der Waals surface area contributed by atoms with Crippen LogP contribution in [0.15, 0.2) is 48.6 Å². The lowest BCUT2D eigenvalue weighted by Gasteiger charge is -2.30. The molecule has 2 aliphatic rings. The van der Waals surface area contributed by atoms with Crippen molar-refractivity contribution in [3.63, 3.8) is 0 Å². The predicted octanol–water partition coefficient (Wildman–Crippen LogP) is 3.14. The van der Waals surface area contributed by atoms with Crippen molar-refractivity contribution in [3.8, 4) is 0 Å². The molecule has 70 valence electrons. The van der Waals surface area contributed by atoms with E-state index in [1.165, 1.54) is 12.8 Å². The first-order chi connectivity index (χ1) is 6.93. The minimum Gasteiger partial charge on any atom is -0.0805 e. The molecule has 3 rings (SSSR count). The molecule has 0 heterocycles. The number of hydrogen-bond donors (Lipinski definition) is 0. The summed E-state index contributed by atoms with van der Waals surface area (Å²) in [6, 6.07) is 8.86. The molecule has 0 aliphatic heterocycles. The number of hydrogen-bond acceptors (Lipinski definition) is 0. The van der Waals surface area contributed by atoms with Crippen molar-refractivity contribution in [1.82, 2.24) is 0 Å². The third-order valence-corrected chi connectivity index (χ3v) is 3.41. The largest absolute Gasteiger partial charge is 0.0805 e. The molecule has 2 aliphatic carbocycles. The number of benzene rings is 1. The Balaban J connectivity index is 2.00. The molecule has 0 aromatic heterocycles. The van der Waals surface area contributed by atoms with Crippen LogP contribution in [0, 0.1) is 11.8 Å². The summed E-state index contributed by atoms with van der Waals surface area (Å²) in [6.45, 7) is 0. The van der Waals surface area contributed by atoms with Crippen molar-refractivity contribution in [2.45, 2.75) is 12.8 Å². The standard InChI is InChI=1S/C14H14/c1-2-6-12-10-14-8-4-3-7-13(14)9-11(12)5-1/h1-8,11-12H,9-10H2. The summed E-state index contributed by atoms with van der Waals surface area (Å²) in [5.74, 6) is 1.49.